The summed E-state index contributed by atoms with van der Waals surface area (Å²) in [6.07, 6.45) is 3.52. The number of aromatic amines is 1. The van der Waals surface area contributed by atoms with E-state index in [9.17, 15) is 0 Å². The van der Waals surface area contributed by atoms with Gasteiger partial charge in [-0.2, -0.15) is 0 Å². The summed E-state index contributed by atoms with van der Waals surface area (Å²) in [6, 6.07) is 3.70. The second-order valence-corrected chi connectivity index (χ2v) is 2.66. The summed E-state index contributed by atoms with van der Waals surface area (Å²) >= 11 is 0. The van der Waals surface area contributed by atoms with Crippen molar-refractivity contribution in [2.45, 2.75) is 6.92 Å². The van der Waals surface area contributed by atoms with Crippen LogP contribution in [0.25, 0.3) is 11.0 Å². The predicted octanol–water partition coefficient (Wildman–Crippen LogP) is 1.24. The van der Waals surface area contributed by atoms with Gasteiger partial charge in [-0.25, -0.2) is 4.98 Å². The maximum absolute atomic E-state index is 9.00. The van der Waals surface area contributed by atoms with E-state index in [2.05, 4.69) is 9.97 Å². The molecule has 0 aliphatic heterocycles. The first kappa shape index (κ1) is 10.0. The first-order valence-corrected chi connectivity index (χ1v) is 3.98. The third-order valence-electron chi connectivity index (χ3n) is 1.49. The number of nitrogens with two attached hydrogens (primary N) is 1. The molecular weight excluding hydrogens is 182 g/mol. The molecule has 0 saturated heterocycles. The van der Waals surface area contributed by atoms with E-state index < -0.39 is 5.97 Å². The predicted molar refractivity (Wildman–Crippen MR) is 53.8 cm³/mol. The monoisotopic (exact) mass is 193 g/mol. The first-order chi connectivity index (χ1) is 6.61. The highest BCUT2D eigenvalue weighted by atomic mass is 16.4. The van der Waals surface area contributed by atoms with Crippen LogP contribution in [0.1, 0.15) is 6.92 Å². The van der Waals surface area contributed by atoms with E-state index in [1.807, 2.05) is 12.3 Å². The summed E-state index contributed by atoms with van der Waals surface area (Å²) in [5.41, 5.74) is 7.26. The second-order valence-electron chi connectivity index (χ2n) is 2.66. The average Bonchev–Trinajstić information content (AvgIpc) is 2.52. The third-order valence-corrected chi connectivity index (χ3v) is 1.49. The van der Waals surface area contributed by atoms with Crippen LogP contribution in [0.15, 0.2) is 24.5 Å². The van der Waals surface area contributed by atoms with Crippen LogP contribution in [0.5, 0.6) is 0 Å². The Bertz CT molecular complexity index is 432. The fourth-order valence-electron chi connectivity index (χ4n) is 0.982. The number of nitrogens with one attached hydrogen (secondary N) is 1. The van der Waals surface area contributed by atoms with E-state index in [0.717, 1.165) is 23.6 Å². The Morgan fingerprint density at radius 1 is 1.57 bits per heavy atom. The zero-order chi connectivity index (χ0) is 10.6. The number of rotatable bonds is 0. The molecule has 0 aliphatic carbocycles. The molecule has 0 bridgehead atoms. The molecule has 0 radical (unpaired) electrons. The van der Waals surface area contributed by atoms with Gasteiger partial charge in [0.15, 0.2) is 0 Å². The third kappa shape index (κ3) is 2.48. The number of aliphatic carboxylic acids is 1. The molecule has 0 aliphatic rings. The number of nitrogens with zero attached hydrogens (tertiary/aromatic N) is 1. The number of hydrogen-bond donors (Lipinski definition) is 3. The van der Waals surface area contributed by atoms with E-state index >= 15 is 0 Å². The van der Waals surface area contributed by atoms with Crippen LogP contribution in [0.4, 0.5) is 5.69 Å². The topological polar surface area (TPSA) is 92.0 Å². The maximum atomic E-state index is 9.00. The van der Waals surface area contributed by atoms with Crippen molar-refractivity contribution >= 4 is 22.7 Å². The highest BCUT2D eigenvalue weighted by Gasteiger charge is 1.95. The van der Waals surface area contributed by atoms with Crippen LogP contribution >= 0.6 is 0 Å². The molecule has 0 spiro atoms. The van der Waals surface area contributed by atoms with Crippen molar-refractivity contribution < 1.29 is 9.90 Å². The van der Waals surface area contributed by atoms with Gasteiger partial charge in [0.1, 0.15) is 5.65 Å². The zero-order valence-corrected chi connectivity index (χ0v) is 7.69. The summed E-state index contributed by atoms with van der Waals surface area (Å²) in [6.45, 7) is 1.08. The number of fused-ring (bicyclic) bond motifs is 1. The standard InChI is InChI=1S/C7H7N3.C2H4O2/c8-6-2-4-10-7-5(6)1-3-9-7;1-2(3)4/h1-4H,(H3,8,9,10);1H3,(H,3,4). The van der Waals surface area contributed by atoms with Crippen molar-refractivity contribution in [3.8, 4) is 0 Å². The Morgan fingerprint density at radius 3 is 2.79 bits per heavy atom. The number of carboxylic acids is 1. The van der Waals surface area contributed by atoms with Crippen molar-refractivity contribution in [1.82, 2.24) is 9.97 Å². The van der Waals surface area contributed by atoms with Crippen molar-refractivity contribution in [3.63, 3.8) is 0 Å². The molecule has 0 amide bonds. The van der Waals surface area contributed by atoms with Gasteiger partial charge in [0.05, 0.1) is 0 Å². The van der Waals surface area contributed by atoms with Crippen LogP contribution in [-0.2, 0) is 4.79 Å². The summed E-state index contributed by atoms with van der Waals surface area (Å²) in [5, 5.41) is 8.41. The highest BCUT2D eigenvalue weighted by Crippen LogP contribution is 2.15. The molecule has 4 N–H and O–H groups in total. The number of carbonyl (C=O) groups is 1. The molecule has 0 atom stereocenters. The van der Waals surface area contributed by atoms with Gasteiger partial charge in [-0.1, -0.05) is 0 Å². The molecule has 2 aromatic heterocycles. The lowest BCUT2D eigenvalue weighted by Gasteiger charge is -1.91. The lowest BCUT2D eigenvalue weighted by atomic mass is 10.3. The minimum Gasteiger partial charge on any atom is -0.481 e. The largest absolute Gasteiger partial charge is 0.481 e. The van der Waals surface area contributed by atoms with Gasteiger partial charge in [0.2, 0.25) is 0 Å². The molecule has 2 heterocycles. The Balaban J connectivity index is 0.000000213. The molecule has 74 valence electrons. The first-order valence-electron chi connectivity index (χ1n) is 3.98. The molecule has 0 fully saturated rings. The number of carboxylic acid groups (broad SMARTS) is 1. The Hall–Kier alpha value is -2.04. The molecular formula is C9H11N3O2. The fraction of sp³-hybridized carbons (Fsp3) is 0.111. The van der Waals surface area contributed by atoms with Crippen molar-refractivity contribution in [1.29, 1.82) is 0 Å². The van der Waals surface area contributed by atoms with Crippen LogP contribution in [0.3, 0.4) is 0 Å². The summed E-state index contributed by atoms with van der Waals surface area (Å²) in [4.78, 5) is 16.0. The second kappa shape index (κ2) is 4.27. The van der Waals surface area contributed by atoms with Crippen LogP contribution in [-0.4, -0.2) is 21.0 Å². The van der Waals surface area contributed by atoms with Crippen molar-refractivity contribution in [3.05, 3.63) is 24.5 Å². The van der Waals surface area contributed by atoms with Crippen LogP contribution in [0.2, 0.25) is 0 Å². The lowest BCUT2D eigenvalue weighted by molar-refractivity contribution is -0.134. The number of aromatic nitrogens is 2. The molecule has 5 heteroatoms. The van der Waals surface area contributed by atoms with Crippen molar-refractivity contribution in [2.24, 2.45) is 0 Å². The molecule has 0 aromatic carbocycles. The molecule has 0 saturated carbocycles. The summed E-state index contributed by atoms with van der Waals surface area (Å²) < 4.78 is 0. The van der Waals surface area contributed by atoms with E-state index in [-0.39, 0.29) is 0 Å². The fourth-order valence-corrected chi connectivity index (χ4v) is 0.982. The minimum absolute atomic E-state index is 0.770. The zero-order valence-electron chi connectivity index (χ0n) is 7.69. The Labute approximate surface area is 80.6 Å². The quantitative estimate of drug-likeness (QED) is 0.586. The summed E-state index contributed by atoms with van der Waals surface area (Å²) in [5.74, 6) is -0.833. The molecule has 2 rings (SSSR count). The van der Waals surface area contributed by atoms with Gasteiger partial charge in [-0.05, 0) is 12.1 Å². The number of hydrogen-bond acceptors (Lipinski definition) is 3. The number of nitrogen functional groups attached to an aromatic ring is 1. The SMILES string of the molecule is CC(=O)O.Nc1ccnc2[nH]ccc12. The van der Waals surface area contributed by atoms with Gasteiger partial charge < -0.3 is 15.8 Å². The summed E-state index contributed by atoms with van der Waals surface area (Å²) in [7, 11) is 0. The average molecular weight is 193 g/mol. The van der Waals surface area contributed by atoms with E-state index in [1.165, 1.54) is 0 Å². The van der Waals surface area contributed by atoms with Crippen molar-refractivity contribution in [2.75, 3.05) is 5.73 Å². The molecule has 14 heavy (non-hydrogen) atoms. The minimum atomic E-state index is -0.833. The normalized spacial score (nSPS) is 9.21. The molecule has 5 nitrogen and oxygen atoms in total. The number of anilines is 1. The van der Waals surface area contributed by atoms with Gasteiger partial charge in [0, 0.05) is 30.4 Å². The lowest BCUT2D eigenvalue weighted by Crippen LogP contribution is -1.85. The smallest absolute Gasteiger partial charge is 0.300 e. The molecule has 0 unspecified atom stereocenters. The number of H-pyrrole nitrogens is 1. The Kier molecular flexibility index (Phi) is 3.06. The van der Waals surface area contributed by atoms with E-state index in [0.29, 0.717) is 0 Å². The Morgan fingerprint density at radius 2 is 2.21 bits per heavy atom. The van der Waals surface area contributed by atoms with Gasteiger partial charge >= 0.3 is 0 Å². The number of pyridine rings is 1. The molecule has 2 aromatic rings. The highest BCUT2D eigenvalue weighted by molar-refractivity contribution is 5.87. The van der Waals surface area contributed by atoms with Gasteiger partial charge in [-0.15, -0.1) is 0 Å². The van der Waals surface area contributed by atoms with Gasteiger partial charge in [0.25, 0.3) is 5.97 Å². The van der Waals surface area contributed by atoms with E-state index in [1.54, 1.807) is 12.3 Å². The maximum Gasteiger partial charge on any atom is 0.300 e. The van der Waals surface area contributed by atoms with Crippen LogP contribution in [0, 0.1) is 0 Å². The van der Waals surface area contributed by atoms with Gasteiger partial charge in [-0.3, -0.25) is 4.79 Å². The van der Waals surface area contributed by atoms with Crippen LogP contribution < -0.4 is 5.73 Å². The van der Waals surface area contributed by atoms with E-state index in [4.69, 9.17) is 15.6 Å².